The Labute approximate surface area is 172 Å². The molecule has 152 valence electrons. The van der Waals surface area contributed by atoms with E-state index in [4.69, 9.17) is 0 Å². The van der Waals surface area contributed by atoms with E-state index in [0.29, 0.717) is 23.9 Å². The number of likely N-dealkylation sites (tertiary alicyclic amines) is 1. The van der Waals surface area contributed by atoms with E-state index < -0.39 is 10.0 Å². The van der Waals surface area contributed by atoms with E-state index in [9.17, 15) is 8.42 Å². The van der Waals surface area contributed by atoms with Crippen molar-refractivity contribution in [2.75, 3.05) is 38.5 Å². The summed E-state index contributed by atoms with van der Waals surface area (Å²) in [4.78, 5) is 4.20. The van der Waals surface area contributed by atoms with Crippen molar-refractivity contribution < 1.29 is 8.42 Å². The number of thiophene rings is 1. The summed E-state index contributed by atoms with van der Waals surface area (Å²) in [5.41, 5.74) is 0.889. The molecule has 0 saturated carbocycles. The molecule has 0 spiro atoms. The monoisotopic (exact) mass is 419 g/mol. The Morgan fingerprint density at radius 2 is 1.96 bits per heavy atom. The number of piperidine rings is 1. The van der Waals surface area contributed by atoms with Crippen LogP contribution in [-0.2, 0) is 16.6 Å². The minimum Gasteiger partial charge on any atom is -0.382 e. The Kier molecular flexibility index (Phi) is 7.29. The lowest BCUT2D eigenvalue weighted by Gasteiger charge is -2.33. The Bertz CT molecular complexity index is 840. The zero-order chi connectivity index (χ0) is 20.0. The lowest BCUT2D eigenvalue weighted by atomic mass is 9.97. The van der Waals surface area contributed by atoms with Crippen LogP contribution in [0.5, 0.6) is 0 Å². The highest BCUT2D eigenvalue weighted by molar-refractivity contribution is 7.89. The summed E-state index contributed by atoms with van der Waals surface area (Å²) in [7, 11) is -1.77. The molecule has 2 heterocycles. The third-order valence-electron chi connectivity index (χ3n) is 5.20. The molecular weight excluding hydrogens is 390 g/mol. The second-order valence-corrected chi connectivity index (χ2v) is 10.4. The summed E-state index contributed by atoms with van der Waals surface area (Å²) in [5, 5.41) is 5.27. The third kappa shape index (κ3) is 5.44. The third-order valence-corrected chi connectivity index (χ3v) is 7.89. The van der Waals surface area contributed by atoms with Crippen LogP contribution in [0.4, 0.5) is 5.69 Å². The van der Waals surface area contributed by atoms with E-state index >= 15 is 0 Å². The number of nitrogens with one attached hydrogen (secondary N) is 1. The highest BCUT2D eigenvalue weighted by atomic mass is 32.2. The number of rotatable bonds is 9. The molecule has 0 bridgehead atoms. The molecule has 7 heteroatoms. The van der Waals surface area contributed by atoms with Crippen LogP contribution >= 0.6 is 11.3 Å². The van der Waals surface area contributed by atoms with E-state index in [2.05, 4.69) is 34.3 Å². The van der Waals surface area contributed by atoms with Crippen molar-refractivity contribution in [1.29, 1.82) is 0 Å². The van der Waals surface area contributed by atoms with Gasteiger partial charge in [-0.3, -0.25) is 4.90 Å². The van der Waals surface area contributed by atoms with Gasteiger partial charge in [-0.2, -0.15) is 0 Å². The van der Waals surface area contributed by atoms with Crippen molar-refractivity contribution in [3.63, 3.8) is 0 Å². The maximum absolute atomic E-state index is 12.9. The maximum atomic E-state index is 12.9. The molecule has 0 radical (unpaired) electrons. The van der Waals surface area contributed by atoms with Gasteiger partial charge in [0, 0.05) is 37.2 Å². The van der Waals surface area contributed by atoms with Crippen LogP contribution < -0.4 is 5.32 Å². The molecule has 1 aromatic carbocycles. The zero-order valence-corrected chi connectivity index (χ0v) is 18.0. The predicted molar refractivity (Wildman–Crippen MR) is 117 cm³/mol. The van der Waals surface area contributed by atoms with Crippen molar-refractivity contribution in [1.82, 2.24) is 9.21 Å². The van der Waals surface area contributed by atoms with Crippen molar-refractivity contribution >= 4 is 27.0 Å². The maximum Gasteiger partial charge on any atom is 0.242 e. The first-order chi connectivity index (χ1) is 13.5. The molecule has 0 unspecified atom stereocenters. The summed E-state index contributed by atoms with van der Waals surface area (Å²) in [5.74, 6) is 0.410. The topological polar surface area (TPSA) is 52.7 Å². The van der Waals surface area contributed by atoms with Gasteiger partial charge in [0.25, 0.3) is 0 Å². The number of anilines is 1. The Morgan fingerprint density at radius 3 is 2.57 bits per heavy atom. The standard InChI is InChI=1S/C21H29N3O2S2/c1-3-12-22-19-6-8-21(9-7-19)28(25,26)23(2)16-18-10-13-24(14-11-18)17-20-5-4-15-27-20/h3-9,15,18,22H,1,10-14,16-17H2,2H3. The summed E-state index contributed by atoms with van der Waals surface area (Å²) < 4.78 is 27.3. The fourth-order valence-electron chi connectivity index (χ4n) is 3.53. The van der Waals surface area contributed by atoms with Crippen molar-refractivity contribution in [3.8, 4) is 0 Å². The van der Waals surface area contributed by atoms with Gasteiger partial charge in [-0.05, 0) is 67.6 Å². The highest BCUT2D eigenvalue weighted by Crippen LogP contribution is 2.24. The number of nitrogens with zero attached hydrogens (tertiary/aromatic N) is 2. The Morgan fingerprint density at radius 1 is 1.25 bits per heavy atom. The summed E-state index contributed by atoms with van der Waals surface area (Å²) >= 11 is 1.80. The molecule has 1 aromatic heterocycles. The number of hydrogen-bond acceptors (Lipinski definition) is 5. The lowest BCUT2D eigenvalue weighted by molar-refractivity contribution is 0.167. The zero-order valence-electron chi connectivity index (χ0n) is 16.4. The molecule has 1 fully saturated rings. The quantitative estimate of drug-likeness (QED) is 0.627. The molecule has 0 aliphatic carbocycles. The van der Waals surface area contributed by atoms with Crippen LogP contribution in [0, 0.1) is 5.92 Å². The molecular formula is C21H29N3O2S2. The molecule has 2 aromatic rings. The van der Waals surface area contributed by atoms with Gasteiger partial charge < -0.3 is 5.32 Å². The SMILES string of the molecule is C=CCNc1ccc(S(=O)(=O)N(C)CC2CCN(Cc3cccs3)CC2)cc1. The Hall–Kier alpha value is -1.67. The van der Waals surface area contributed by atoms with Gasteiger partial charge in [0.05, 0.1) is 4.90 Å². The summed E-state index contributed by atoms with van der Waals surface area (Å²) in [6.07, 6.45) is 3.84. The van der Waals surface area contributed by atoms with Crippen molar-refractivity contribution in [2.24, 2.45) is 5.92 Å². The average Bonchev–Trinajstić information content (AvgIpc) is 3.21. The van der Waals surface area contributed by atoms with Gasteiger partial charge >= 0.3 is 0 Å². The van der Waals surface area contributed by atoms with Crippen LogP contribution in [0.1, 0.15) is 17.7 Å². The minimum atomic E-state index is -3.46. The first kappa shape index (κ1) is 21.0. The van der Waals surface area contributed by atoms with Gasteiger partial charge in [-0.25, -0.2) is 12.7 Å². The molecule has 1 saturated heterocycles. The molecule has 3 rings (SSSR count). The van der Waals surface area contributed by atoms with E-state index in [-0.39, 0.29) is 0 Å². The smallest absolute Gasteiger partial charge is 0.242 e. The molecule has 1 aliphatic rings. The first-order valence-corrected chi connectivity index (χ1v) is 12.0. The van der Waals surface area contributed by atoms with E-state index in [1.54, 1.807) is 48.7 Å². The summed E-state index contributed by atoms with van der Waals surface area (Å²) in [6.45, 7) is 7.95. The number of sulfonamides is 1. The fourth-order valence-corrected chi connectivity index (χ4v) is 5.52. The van der Waals surface area contributed by atoms with Crippen LogP contribution in [-0.4, -0.2) is 50.8 Å². The van der Waals surface area contributed by atoms with Gasteiger partial charge in [-0.1, -0.05) is 12.1 Å². The second-order valence-electron chi connectivity index (χ2n) is 7.28. The molecule has 0 atom stereocenters. The van der Waals surface area contributed by atoms with Crippen molar-refractivity contribution in [3.05, 3.63) is 59.3 Å². The largest absolute Gasteiger partial charge is 0.382 e. The predicted octanol–water partition coefficient (Wildman–Crippen LogP) is 3.88. The molecule has 28 heavy (non-hydrogen) atoms. The molecule has 0 amide bonds. The van der Waals surface area contributed by atoms with Crippen LogP contribution in [0.3, 0.4) is 0 Å². The van der Waals surface area contributed by atoms with Crippen LogP contribution in [0.15, 0.2) is 59.3 Å². The van der Waals surface area contributed by atoms with Crippen molar-refractivity contribution in [2.45, 2.75) is 24.3 Å². The molecule has 1 aliphatic heterocycles. The van der Waals surface area contributed by atoms with Crippen LogP contribution in [0.25, 0.3) is 0 Å². The average molecular weight is 420 g/mol. The minimum absolute atomic E-state index is 0.342. The lowest BCUT2D eigenvalue weighted by Crippen LogP contribution is -2.39. The van der Waals surface area contributed by atoms with E-state index in [0.717, 1.165) is 38.2 Å². The van der Waals surface area contributed by atoms with Gasteiger partial charge in [0.1, 0.15) is 0 Å². The van der Waals surface area contributed by atoms with Gasteiger partial charge in [-0.15, -0.1) is 17.9 Å². The molecule has 5 nitrogen and oxygen atoms in total. The van der Waals surface area contributed by atoms with E-state index in [1.807, 2.05) is 0 Å². The normalized spacial score (nSPS) is 16.4. The molecule has 1 N–H and O–H groups in total. The Balaban J connectivity index is 1.52. The summed E-state index contributed by atoms with van der Waals surface area (Å²) in [6, 6.07) is 11.2. The fraction of sp³-hybridized carbons (Fsp3) is 0.429. The second kappa shape index (κ2) is 9.69. The number of hydrogen-bond donors (Lipinski definition) is 1. The number of benzene rings is 1. The van der Waals surface area contributed by atoms with Gasteiger partial charge in [0.2, 0.25) is 10.0 Å². The van der Waals surface area contributed by atoms with Crippen LogP contribution in [0.2, 0.25) is 0 Å². The van der Waals surface area contributed by atoms with Gasteiger partial charge in [0.15, 0.2) is 0 Å². The highest BCUT2D eigenvalue weighted by Gasteiger charge is 2.26. The van der Waals surface area contributed by atoms with E-state index in [1.165, 1.54) is 9.18 Å². The first-order valence-electron chi connectivity index (χ1n) is 9.65.